The summed E-state index contributed by atoms with van der Waals surface area (Å²) in [4.78, 5) is 10.4. The minimum atomic E-state index is -0.512. The molecule has 3 aliphatic rings. The second-order valence-corrected chi connectivity index (χ2v) is 14.9. The van der Waals surface area contributed by atoms with E-state index in [0.717, 1.165) is 39.6 Å². The van der Waals surface area contributed by atoms with Gasteiger partial charge in [0.15, 0.2) is 5.82 Å². The fourth-order valence-electron chi connectivity index (χ4n) is 9.41. The molecule has 53 heavy (non-hydrogen) atoms. The summed E-state index contributed by atoms with van der Waals surface area (Å²) in [7, 11) is 0. The number of para-hydroxylation sites is 1. The summed E-state index contributed by atoms with van der Waals surface area (Å²) in [5.74, 6) is 2.50. The normalized spacial score (nSPS) is 14.7. The van der Waals surface area contributed by atoms with Crippen LogP contribution in [-0.4, -0.2) is 9.97 Å². The molecular weight excluding hydrogens is 645 g/mol. The first-order chi connectivity index (χ1) is 26.0. The Bertz CT molecular complexity index is 2680. The van der Waals surface area contributed by atoms with Gasteiger partial charge in [-0.15, -0.1) is 0 Å². The molecule has 11 rings (SSSR count). The van der Waals surface area contributed by atoms with Gasteiger partial charge in [0.1, 0.15) is 11.5 Å². The van der Waals surface area contributed by atoms with Gasteiger partial charge in [0.05, 0.1) is 16.8 Å². The molecule has 250 valence electrons. The lowest BCUT2D eigenvalue weighted by atomic mass is 9.65. The highest BCUT2D eigenvalue weighted by atomic mass is 16.5. The molecule has 8 aromatic rings. The quantitative estimate of drug-likeness (QED) is 0.187. The topological polar surface area (TPSA) is 35.0 Å². The van der Waals surface area contributed by atoms with E-state index in [0.29, 0.717) is 5.82 Å². The zero-order valence-electron chi connectivity index (χ0n) is 29.5. The zero-order valence-corrected chi connectivity index (χ0v) is 29.5. The van der Waals surface area contributed by atoms with Crippen molar-refractivity contribution < 1.29 is 4.74 Å². The van der Waals surface area contributed by atoms with Crippen LogP contribution < -0.4 is 4.74 Å². The van der Waals surface area contributed by atoms with E-state index in [-0.39, 0.29) is 5.41 Å². The van der Waals surface area contributed by atoms with Gasteiger partial charge >= 0.3 is 0 Å². The number of hydrogen-bond acceptors (Lipinski definition) is 3. The molecular formula is C50H34N2O. The van der Waals surface area contributed by atoms with Crippen LogP contribution in [0.3, 0.4) is 0 Å². The van der Waals surface area contributed by atoms with Gasteiger partial charge in [-0.1, -0.05) is 159 Å². The second kappa shape index (κ2) is 11.0. The first-order valence-electron chi connectivity index (χ1n) is 18.3. The minimum absolute atomic E-state index is 0.275. The van der Waals surface area contributed by atoms with E-state index in [4.69, 9.17) is 14.7 Å². The molecule has 0 radical (unpaired) electrons. The monoisotopic (exact) mass is 678 g/mol. The molecule has 0 saturated carbocycles. The molecule has 0 fully saturated rings. The van der Waals surface area contributed by atoms with Crippen molar-refractivity contribution in [3.8, 4) is 67.7 Å². The Morgan fingerprint density at radius 1 is 0.396 bits per heavy atom. The first-order valence-corrected chi connectivity index (χ1v) is 18.3. The highest BCUT2D eigenvalue weighted by molar-refractivity contribution is 5.95. The second-order valence-electron chi connectivity index (χ2n) is 14.9. The summed E-state index contributed by atoms with van der Waals surface area (Å²) in [5, 5.41) is 0. The Morgan fingerprint density at radius 3 is 1.68 bits per heavy atom. The number of benzene rings is 7. The summed E-state index contributed by atoms with van der Waals surface area (Å²) >= 11 is 0. The predicted octanol–water partition coefficient (Wildman–Crippen LogP) is 12.3. The maximum Gasteiger partial charge on any atom is 0.160 e. The first kappa shape index (κ1) is 30.1. The van der Waals surface area contributed by atoms with E-state index in [1.165, 1.54) is 55.6 Å². The molecule has 1 aliphatic heterocycles. The maximum absolute atomic E-state index is 6.98. The van der Waals surface area contributed by atoms with Gasteiger partial charge in [-0.3, -0.25) is 0 Å². The lowest BCUT2D eigenvalue weighted by Gasteiger charge is -2.40. The van der Waals surface area contributed by atoms with Gasteiger partial charge < -0.3 is 4.74 Å². The summed E-state index contributed by atoms with van der Waals surface area (Å²) < 4.78 is 6.98. The summed E-state index contributed by atoms with van der Waals surface area (Å²) in [6.45, 7) is 4.72. The average molecular weight is 679 g/mol. The third-order valence-corrected chi connectivity index (χ3v) is 11.8. The lowest BCUT2D eigenvalue weighted by Crippen LogP contribution is -2.32. The van der Waals surface area contributed by atoms with Crippen LogP contribution in [0.1, 0.15) is 47.2 Å². The van der Waals surface area contributed by atoms with Gasteiger partial charge in [-0.05, 0) is 68.8 Å². The van der Waals surface area contributed by atoms with E-state index >= 15 is 0 Å². The largest absolute Gasteiger partial charge is 0.457 e. The molecule has 0 N–H and O–H groups in total. The van der Waals surface area contributed by atoms with E-state index in [2.05, 4.69) is 159 Å². The Kier molecular flexibility index (Phi) is 6.22. The highest BCUT2D eigenvalue weighted by Crippen LogP contribution is 2.64. The number of nitrogens with zero attached hydrogens (tertiary/aromatic N) is 2. The average Bonchev–Trinajstić information content (AvgIpc) is 3.63. The van der Waals surface area contributed by atoms with Crippen molar-refractivity contribution in [2.75, 3.05) is 0 Å². The Morgan fingerprint density at radius 2 is 0.962 bits per heavy atom. The van der Waals surface area contributed by atoms with Crippen molar-refractivity contribution in [3.05, 3.63) is 203 Å². The van der Waals surface area contributed by atoms with Crippen molar-refractivity contribution in [2.45, 2.75) is 24.7 Å². The van der Waals surface area contributed by atoms with E-state index in [1.807, 2.05) is 24.3 Å². The Labute approximate surface area is 309 Å². The van der Waals surface area contributed by atoms with Crippen LogP contribution in [-0.2, 0) is 10.8 Å². The minimum Gasteiger partial charge on any atom is -0.457 e. The number of ether oxygens (including phenoxy) is 1. The molecule has 0 unspecified atom stereocenters. The van der Waals surface area contributed by atoms with Gasteiger partial charge in [0.25, 0.3) is 0 Å². The highest BCUT2D eigenvalue weighted by Gasteiger charge is 2.52. The third kappa shape index (κ3) is 4.11. The van der Waals surface area contributed by atoms with Crippen molar-refractivity contribution in [2.24, 2.45) is 0 Å². The third-order valence-electron chi connectivity index (χ3n) is 11.8. The molecule has 3 heteroatoms. The molecule has 2 heterocycles. The fraction of sp³-hybridized carbons (Fsp3) is 0.0800. The number of fused-ring (bicyclic) bond motifs is 12. The van der Waals surface area contributed by atoms with Crippen molar-refractivity contribution in [1.29, 1.82) is 0 Å². The van der Waals surface area contributed by atoms with Gasteiger partial charge in [-0.2, -0.15) is 0 Å². The SMILES string of the molecule is CC1(C)c2cc3c(cc2-c2c(-c4cc(-c5ccccc5)nc(-c5ccccc5)n4)cccc21)Oc1ccccc1C31c2ccccc2-c2ccccc21. The molecule has 1 aromatic heterocycles. The lowest BCUT2D eigenvalue weighted by molar-refractivity contribution is 0.436. The molecule has 3 nitrogen and oxygen atoms in total. The summed E-state index contributed by atoms with van der Waals surface area (Å²) in [6.07, 6.45) is 0. The smallest absolute Gasteiger partial charge is 0.160 e. The molecule has 7 aromatic carbocycles. The molecule has 0 saturated heterocycles. The fourth-order valence-corrected chi connectivity index (χ4v) is 9.41. The van der Waals surface area contributed by atoms with Crippen molar-refractivity contribution >= 4 is 0 Å². The van der Waals surface area contributed by atoms with Gasteiger partial charge in [0.2, 0.25) is 0 Å². The van der Waals surface area contributed by atoms with Crippen molar-refractivity contribution in [3.63, 3.8) is 0 Å². The molecule has 1 spiro atoms. The van der Waals surface area contributed by atoms with E-state index in [9.17, 15) is 0 Å². The Hall–Kier alpha value is -6.58. The van der Waals surface area contributed by atoms with Gasteiger partial charge in [-0.25, -0.2) is 9.97 Å². The molecule has 2 aliphatic carbocycles. The number of aromatic nitrogens is 2. The molecule has 0 bridgehead atoms. The van der Waals surface area contributed by atoms with Crippen LogP contribution >= 0.6 is 0 Å². The van der Waals surface area contributed by atoms with Gasteiger partial charge in [0, 0.05) is 33.2 Å². The van der Waals surface area contributed by atoms with Crippen molar-refractivity contribution in [1.82, 2.24) is 9.97 Å². The van der Waals surface area contributed by atoms with Crippen LogP contribution in [0.4, 0.5) is 0 Å². The molecule has 0 amide bonds. The number of hydrogen-bond donors (Lipinski definition) is 0. The van der Waals surface area contributed by atoms with Crippen LogP contribution in [0.5, 0.6) is 11.5 Å². The van der Waals surface area contributed by atoms with E-state index in [1.54, 1.807) is 0 Å². The Balaban J connectivity index is 1.18. The number of rotatable bonds is 3. The molecule has 0 atom stereocenters. The van der Waals surface area contributed by atoms with Crippen LogP contribution in [0, 0.1) is 0 Å². The van der Waals surface area contributed by atoms with Crippen LogP contribution in [0.2, 0.25) is 0 Å². The summed E-state index contributed by atoms with van der Waals surface area (Å²) in [5.41, 5.74) is 16.7. The zero-order chi connectivity index (χ0) is 35.3. The van der Waals surface area contributed by atoms with Crippen LogP contribution in [0.25, 0.3) is 56.2 Å². The summed E-state index contributed by atoms with van der Waals surface area (Å²) in [6, 6.07) is 60.8. The maximum atomic E-state index is 6.98. The van der Waals surface area contributed by atoms with Crippen LogP contribution in [0.15, 0.2) is 170 Å². The predicted molar refractivity (Wildman–Crippen MR) is 213 cm³/mol. The van der Waals surface area contributed by atoms with E-state index < -0.39 is 5.41 Å². The standard InChI is InChI=1S/C50H34N2O/c1-49(2)40-26-15-22-35(44-30-43(31-16-5-3-6-17-31)51-48(52-44)32-18-7-4-8-19-32)47(40)36-28-46-42(29-41(36)49)50(39-25-13-14-27-45(39)53-46)37-23-11-9-20-33(37)34-21-10-12-24-38(34)50/h3-30H,1-2H3.